The van der Waals surface area contributed by atoms with E-state index in [2.05, 4.69) is 86.0 Å². The number of pyridine rings is 1. The van der Waals surface area contributed by atoms with Crippen molar-refractivity contribution in [3.05, 3.63) is 144 Å². The summed E-state index contributed by atoms with van der Waals surface area (Å²) in [5.74, 6) is 1.05. The Morgan fingerprint density at radius 2 is 1.51 bits per heavy atom. The summed E-state index contributed by atoms with van der Waals surface area (Å²) in [7, 11) is 0. The SMILES string of the molecule is [2H]C([2H])([2H])c1ccc(-c2ccnc(-c3cc(-c4cccc5c4nc(-c4ccc6c(c4O)CCCC6)n5-c4ccccc4)cc(C(C)(C)C)c3)c2)cc1. The van der Waals surface area contributed by atoms with Gasteiger partial charge >= 0.3 is 0 Å². The third-order valence-corrected chi connectivity index (χ3v) is 9.83. The summed E-state index contributed by atoms with van der Waals surface area (Å²) in [5, 5.41) is 11.7. The van der Waals surface area contributed by atoms with E-state index in [4.69, 9.17) is 14.1 Å². The van der Waals surface area contributed by atoms with Gasteiger partial charge in [-0.3, -0.25) is 9.55 Å². The quantitative estimate of drug-likeness (QED) is 0.203. The highest BCUT2D eigenvalue weighted by Crippen LogP contribution is 2.42. The zero-order valence-electron chi connectivity index (χ0n) is 31.2. The van der Waals surface area contributed by atoms with E-state index in [1.807, 2.05) is 48.7 Å². The van der Waals surface area contributed by atoms with Gasteiger partial charge in [-0.1, -0.05) is 93.1 Å². The number of nitrogens with zero attached hydrogens (tertiary/aromatic N) is 3. The molecule has 0 amide bonds. The first-order valence-corrected chi connectivity index (χ1v) is 17.1. The van der Waals surface area contributed by atoms with Crippen molar-refractivity contribution in [3.63, 3.8) is 0 Å². The van der Waals surface area contributed by atoms with Crippen molar-refractivity contribution in [2.24, 2.45) is 0 Å². The molecule has 2 aromatic heterocycles. The summed E-state index contributed by atoms with van der Waals surface area (Å²) in [6.45, 7) is 4.50. The molecule has 0 fully saturated rings. The predicted molar refractivity (Wildman–Crippen MR) is 202 cm³/mol. The van der Waals surface area contributed by atoms with Gasteiger partial charge in [-0.2, -0.15) is 0 Å². The van der Waals surface area contributed by atoms with Gasteiger partial charge in [-0.15, -0.1) is 0 Å². The molecule has 242 valence electrons. The lowest BCUT2D eigenvalue weighted by Crippen LogP contribution is -2.11. The Morgan fingerprint density at radius 1 is 0.714 bits per heavy atom. The second kappa shape index (κ2) is 12.2. The van der Waals surface area contributed by atoms with Crippen LogP contribution in [0.4, 0.5) is 0 Å². The number of hydrogen-bond donors (Lipinski definition) is 1. The summed E-state index contributed by atoms with van der Waals surface area (Å²) in [4.78, 5) is 10.2. The molecule has 0 bridgehead atoms. The van der Waals surface area contributed by atoms with Crippen LogP contribution in [-0.2, 0) is 18.3 Å². The Labute approximate surface area is 293 Å². The van der Waals surface area contributed by atoms with E-state index in [-0.39, 0.29) is 5.41 Å². The summed E-state index contributed by atoms with van der Waals surface area (Å²) >= 11 is 0. The normalized spacial score (nSPS) is 14.2. The van der Waals surface area contributed by atoms with Crippen LogP contribution in [0.25, 0.3) is 61.6 Å². The van der Waals surface area contributed by atoms with Crippen LogP contribution < -0.4 is 0 Å². The monoisotopic (exact) mass is 642 g/mol. The average Bonchev–Trinajstić information content (AvgIpc) is 3.54. The Bertz CT molecular complexity index is 2440. The number of fused-ring (bicyclic) bond motifs is 2. The fourth-order valence-electron chi connectivity index (χ4n) is 7.13. The summed E-state index contributed by atoms with van der Waals surface area (Å²) in [6, 6.07) is 38.5. The van der Waals surface area contributed by atoms with Crippen molar-refractivity contribution >= 4 is 11.0 Å². The number of hydrogen-bond acceptors (Lipinski definition) is 3. The van der Waals surface area contributed by atoms with Gasteiger partial charge in [0.05, 0.1) is 22.3 Å². The number of imidazole rings is 1. The lowest BCUT2D eigenvalue weighted by molar-refractivity contribution is 0.463. The second-order valence-electron chi connectivity index (χ2n) is 14.1. The molecule has 0 atom stereocenters. The van der Waals surface area contributed by atoms with Crippen LogP contribution in [-0.4, -0.2) is 19.6 Å². The molecule has 0 aliphatic heterocycles. The molecular weight excluding hydrogens is 599 g/mol. The van der Waals surface area contributed by atoms with Gasteiger partial charge in [-0.05, 0) is 120 Å². The lowest BCUT2D eigenvalue weighted by atomic mass is 9.83. The van der Waals surface area contributed by atoms with Gasteiger partial charge < -0.3 is 5.11 Å². The van der Waals surface area contributed by atoms with Crippen molar-refractivity contribution in [2.75, 3.05) is 0 Å². The lowest BCUT2D eigenvalue weighted by Gasteiger charge is -2.22. The molecule has 0 spiro atoms. The Morgan fingerprint density at radius 3 is 2.31 bits per heavy atom. The van der Waals surface area contributed by atoms with Gasteiger partial charge in [-0.25, -0.2) is 4.98 Å². The largest absolute Gasteiger partial charge is 0.507 e. The fourth-order valence-corrected chi connectivity index (χ4v) is 7.13. The maximum absolute atomic E-state index is 11.7. The minimum absolute atomic E-state index is 0.148. The molecule has 4 heteroatoms. The van der Waals surface area contributed by atoms with Gasteiger partial charge in [0.15, 0.2) is 0 Å². The Balaban J connectivity index is 1.30. The van der Waals surface area contributed by atoms with Crippen LogP contribution in [0, 0.1) is 6.85 Å². The van der Waals surface area contributed by atoms with Gasteiger partial charge in [0, 0.05) is 27.1 Å². The first kappa shape index (κ1) is 27.5. The molecule has 0 unspecified atom stereocenters. The Kier molecular flexibility index (Phi) is 6.84. The molecule has 1 aliphatic carbocycles. The first-order chi connectivity index (χ1) is 25.0. The molecule has 0 saturated carbocycles. The number of aromatic hydroxyl groups is 1. The van der Waals surface area contributed by atoms with E-state index in [0.717, 1.165) is 87.0 Å². The molecule has 1 aliphatic rings. The first-order valence-electron chi connectivity index (χ1n) is 18.6. The number of phenols is 1. The minimum atomic E-state index is -2.15. The number of aromatic nitrogens is 3. The van der Waals surface area contributed by atoms with Crippen molar-refractivity contribution in [1.82, 2.24) is 14.5 Å². The standard InChI is InChI=1S/C45H41N3O/c1-29-17-19-30(20-18-29)32-23-24-46-40(28-32)34-25-33(26-35(27-34)45(2,3)4)37-15-10-16-41-42(37)47-44(48(41)36-12-6-5-7-13-36)39-22-21-31-11-8-9-14-38(31)43(39)49/h5-7,10,12-13,15-28,49H,8-9,11,14H2,1-4H3/i1D3. The Hall–Kier alpha value is -5.48. The summed E-state index contributed by atoms with van der Waals surface area (Å²) in [5.41, 5.74) is 12.9. The maximum Gasteiger partial charge on any atom is 0.149 e. The highest BCUT2D eigenvalue weighted by Gasteiger charge is 2.24. The maximum atomic E-state index is 11.7. The highest BCUT2D eigenvalue weighted by molar-refractivity contribution is 5.97. The van der Waals surface area contributed by atoms with Gasteiger partial charge in [0.1, 0.15) is 11.6 Å². The van der Waals surface area contributed by atoms with Crippen LogP contribution in [0.1, 0.15) is 60.0 Å². The van der Waals surface area contributed by atoms with Crippen LogP contribution in [0.2, 0.25) is 0 Å². The molecule has 0 radical (unpaired) electrons. The number of benzene rings is 5. The van der Waals surface area contributed by atoms with Crippen molar-refractivity contribution in [1.29, 1.82) is 0 Å². The molecule has 4 nitrogen and oxygen atoms in total. The molecule has 5 aromatic carbocycles. The molecule has 8 rings (SSSR count). The van der Waals surface area contributed by atoms with E-state index in [1.54, 1.807) is 12.1 Å². The molecular formula is C45H41N3O. The molecule has 0 saturated heterocycles. The van der Waals surface area contributed by atoms with E-state index in [9.17, 15) is 5.11 Å². The number of rotatable bonds is 5. The number of phenolic OH excluding ortho intramolecular Hbond substituents is 1. The highest BCUT2D eigenvalue weighted by atomic mass is 16.3. The third-order valence-electron chi connectivity index (χ3n) is 9.83. The molecule has 2 heterocycles. The van der Waals surface area contributed by atoms with E-state index in [1.165, 1.54) is 11.1 Å². The van der Waals surface area contributed by atoms with Crippen LogP contribution in [0.5, 0.6) is 5.75 Å². The fraction of sp³-hybridized carbons (Fsp3) is 0.200. The number of para-hydroxylation sites is 2. The minimum Gasteiger partial charge on any atom is -0.507 e. The average molecular weight is 643 g/mol. The zero-order chi connectivity index (χ0) is 36.2. The van der Waals surface area contributed by atoms with Crippen LogP contribution >= 0.6 is 0 Å². The predicted octanol–water partition coefficient (Wildman–Crippen LogP) is 11.3. The van der Waals surface area contributed by atoms with Gasteiger partial charge in [0.2, 0.25) is 0 Å². The molecule has 49 heavy (non-hydrogen) atoms. The van der Waals surface area contributed by atoms with Crippen molar-refractivity contribution in [3.8, 4) is 56.3 Å². The topological polar surface area (TPSA) is 50.9 Å². The van der Waals surface area contributed by atoms with Crippen LogP contribution in [0.3, 0.4) is 0 Å². The molecule has 1 N–H and O–H groups in total. The zero-order valence-corrected chi connectivity index (χ0v) is 28.2. The summed E-state index contributed by atoms with van der Waals surface area (Å²) < 4.78 is 25.4. The second-order valence-corrected chi connectivity index (χ2v) is 14.1. The van der Waals surface area contributed by atoms with E-state index < -0.39 is 6.85 Å². The molecule has 7 aromatic rings. The van der Waals surface area contributed by atoms with Crippen molar-refractivity contribution in [2.45, 2.75) is 58.7 Å². The number of aryl methyl sites for hydroxylation is 2. The summed E-state index contributed by atoms with van der Waals surface area (Å²) in [6.07, 6.45) is 5.89. The smallest absolute Gasteiger partial charge is 0.149 e. The third kappa shape index (κ3) is 5.72. The van der Waals surface area contributed by atoms with Crippen LogP contribution in [0.15, 0.2) is 121 Å². The van der Waals surface area contributed by atoms with E-state index >= 15 is 0 Å². The van der Waals surface area contributed by atoms with E-state index in [0.29, 0.717) is 17.1 Å². The van der Waals surface area contributed by atoms with Crippen molar-refractivity contribution < 1.29 is 9.22 Å². The van der Waals surface area contributed by atoms with Gasteiger partial charge in [0.25, 0.3) is 0 Å².